The van der Waals surface area contributed by atoms with E-state index in [0.29, 0.717) is 6.54 Å². The van der Waals surface area contributed by atoms with Crippen LogP contribution in [0, 0.1) is 5.92 Å². The van der Waals surface area contributed by atoms with Gasteiger partial charge in [0.05, 0.1) is 11.4 Å². The Balaban J connectivity index is 2.34. The van der Waals surface area contributed by atoms with Crippen LogP contribution < -0.4 is 16.0 Å². The van der Waals surface area contributed by atoms with E-state index < -0.39 is 0 Å². The highest BCUT2D eigenvalue weighted by molar-refractivity contribution is 5.90. The molecule has 20 heavy (non-hydrogen) atoms. The van der Waals surface area contributed by atoms with Gasteiger partial charge in [-0.05, 0) is 12.1 Å². The van der Waals surface area contributed by atoms with E-state index in [2.05, 4.69) is 15.3 Å². The molecular weight excluding hydrogens is 254 g/mol. The molecule has 3 N–H and O–H groups in total. The molecule has 6 nitrogen and oxygen atoms in total. The maximum absolute atomic E-state index is 11.6. The first-order chi connectivity index (χ1) is 9.52. The van der Waals surface area contributed by atoms with Crippen molar-refractivity contribution in [2.75, 3.05) is 31.3 Å². The minimum atomic E-state index is -0.139. The molecule has 2 rings (SSSR count). The van der Waals surface area contributed by atoms with E-state index in [1.165, 1.54) is 0 Å². The van der Waals surface area contributed by atoms with Crippen molar-refractivity contribution in [3.63, 3.8) is 0 Å². The molecule has 1 aromatic heterocycles. The number of hydrogen-bond donors (Lipinski definition) is 2. The summed E-state index contributed by atoms with van der Waals surface area (Å²) in [6.45, 7) is 2.43. The zero-order chi connectivity index (χ0) is 14.7. The average Bonchev–Trinajstić information content (AvgIpc) is 2.45. The molecule has 1 atom stereocenters. The van der Waals surface area contributed by atoms with Crippen molar-refractivity contribution in [2.24, 2.45) is 5.92 Å². The highest BCUT2D eigenvalue weighted by Crippen LogP contribution is 2.24. The minimum absolute atomic E-state index is 0.00295. The normalized spacial score (nSPS) is 12.2. The topological polar surface area (TPSA) is 84.1 Å². The van der Waals surface area contributed by atoms with Crippen molar-refractivity contribution in [1.29, 1.82) is 0 Å². The van der Waals surface area contributed by atoms with E-state index in [1.54, 1.807) is 7.05 Å². The first-order valence-corrected chi connectivity index (χ1v) is 6.48. The summed E-state index contributed by atoms with van der Waals surface area (Å²) >= 11 is 0. The number of nitrogens with one attached hydrogen (secondary N) is 1. The molecule has 106 valence electrons. The molecule has 2 aromatic rings. The van der Waals surface area contributed by atoms with Gasteiger partial charge in [0.1, 0.15) is 5.82 Å². The standard InChI is InChI=1S/C14H19N5O/c1-9(13(20)16-2)8-19(3)12-10-6-4-5-7-11(10)17-14(15)18-12/h4-7,9H,8H2,1-3H3,(H,16,20)(H2,15,17,18). The van der Waals surface area contributed by atoms with Crippen molar-refractivity contribution in [1.82, 2.24) is 15.3 Å². The number of hydrogen-bond acceptors (Lipinski definition) is 5. The zero-order valence-corrected chi connectivity index (χ0v) is 11.9. The Kier molecular flexibility index (Phi) is 4.02. The lowest BCUT2D eigenvalue weighted by molar-refractivity contribution is -0.123. The Hall–Kier alpha value is -2.37. The van der Waals surface area contributed by atoms with Crippen molar-refractivity contribution in [3.8, 4) is 0 Å². The number of carbonyl (C=O) groups is 1. The number of nitrogens with two attached hydrogens (primary N) is 1. The number of nitrogen functional groups attached to an aromatic ring is 1. The zero-order valence-electron chi connectivity index (χ0n) is 11.9. The van der Waals surface area contributed by atoms with Gasteiger partial charge in [-0.25, -0.2) is 4.98 Å². The molecule has 0 saturated carbocycles. The molecule has 1 unspecified atom stereocenters. The molecule has 0 aliphatic heterocycles. The van der Waals surface area contributed by atoms with Crippen molar-refractivity contribution >= 4 is 28.6 Å². The second-order valence-corrected chi connectivity index (χ2v) is 4.82. The summed E-state index contributed by atoms with van der Waals surface area (Å²) < 4.78 is 0. The number of benzene rings is 1. The van der Waals surface area contributed by atoms with Crippen LogP contribution in [-0.4, -0.2) is 36.5 Å². The number of rotatable bonds is 4. The van der Waals surface area contributed by atoms with Crippen molar-refractivity contribution in [3.05, 3.63) is 24.3 Å². The van der Waals surface area contributed by atoms with Gasteiger partial charge in [0.2, 0.25) is 11.9 Å². The fraction of sp³-hybridized carbons (Fsp3) is 0.357. The molecule has 0 fully saturated rings. The summed E-state index contributed by atoms with van der Waals surface area (Å²) in [6, 6.07) is 7.69. The van der Waals surface area contributed by atoms with E-state index in [9.17, 15) is 4.79 Å². The Morgan fingerprint density at radius 3 is 2.80 bits per heavy atom. The number of nitrogens with zero attached hydrogens (tertiary/aromatic N) is 3. The van der Waals surface area contributed by atoms with E-state index in [1.807, 2.05) is 43.1 Å². The van der Waals surface area contributed by atoms with Gasteiger partial charge in [0.25, 0.3) is 0 Å². The SMILES string of the molecule is CNC(=O)C(C)CN(C)c1nc(N)nc2ccccc12. The lowest BCUT2D eigenvalue weighted by Crippen LogP contribution is -2.34. The van der Waals surface area contributed by atoms with E-state index in [0.717, 1.165) is 16.7 Å². The smallest absolute Gasteiger partial charge is 0.224 e. The average molecular weight is 273 g/mol. The van der Waals surface area contributed by atoms with Gasteiger partial charge < -0.3 is 16.0 Å². The van der Waals surface area contributed by atoms with Crippen LogP contribution in [0.25, 0.3) is 10.9 Å². The van der Waals surface area contributed by atoms with Crippen LogP contribution in [-0.2, 0) is 4.79 Å². The Labute approximate surface area is 118 Å². The highest BCUT2D eigenvalue weighted by atomic mass is 16.1. The second kappa shape index (κ2) is 5.73. The Morgan fingerprint density at radius 2 is 2.10 bits per heavy atom. The van der Waals surface area contributed by atoms with Gasteiger partial charge in [-0.2, -0.15) is 4.98 Å². The first kappa shape index (κ1) is 14.0. The number of amides is 1. The summed E-state index contributed by atoms with van der Waals surface area (Å²) in [5.74, 6) is 0.838. The molecule has 1 amide bonds. The van der Waals surface area contributed by atoms with Crippen LogP contribution in [0.4, 0.5) is 11.8 Å². The number of para-hydroxylation sites is 1. The van der Waals surface area contributed by atoms with Gasteiger partial charge in [-0.3, -0.25) is 4.79 Å². The molecule has 6 heteroatoms. The fourth-order valence-corrected chi connectivity index (χ4v) is 2.19. The van der Waals surface area contributed by atoms with Gasteiger partial charge in [0, 0.05) is 26.0 Å². The molecule has 0 aliphatic carbocycles. The Morgan fingerprint density at radius 1 is 1.40 bits per heavy atom. The molecule has 1 heterocycles. The van der Waals surface area contributed by atoms with Crippen LogP contribution in [0.15, 0.2) is 24.3 Å². The number of aromatic nitrogens is 2. The maximum atomic E-state index is 11.6. The Bertz CT molecular complexity index is 628. The summed E-state index contributed by atoms with van der Waals surface area (Å²) in [5.41, 5.74) is 6.55. The van der Waals surface area contributed by atoms with Crippen molar-refractivity contribution < 1.29 is 4.79 Å². The van der Waals surface area contributed by atoms with Crippen LogP contribution >= 0.6 is 0 Å². The van der Waals surface area contributed by atoms with Gasteiger partial charge in [-0.1, -0.05) is 19.1 Å². The predicted molar refractivity (Wildman–Crippen MR) is 80.5 cm³/mol. The quantitative estimate of drug-likeness (QED) is 0.869. The van der Waals surface area contributed by atoms with Crippen LogP contribution in [0.3, 0.4) is 0 Å². The fourth-order valence-electron chi connectivity index (χ4n) is 2.19. The summed E-state index contributed by atoms with van der Waals surface area (Å²) in [6.07, 6.45) is 0. The number of anilines is 2. The summed E-state index contributed by atoms with van der Waals surface area (Å²) in [7, 11) is 3.53. The summed E-state index contributed by atoms with van der Waals surface area (Å²) in [5, 5.41) is 3.57. The maximum Gasteiger partial charge on any atom is 0.224 e. The summed E-state index contributed by atoms with van der Waals surface area (Å²) in [4.78, 5) is 22.1. The van der Waals surface area contributed by atoms with E-state index in [4.69, 9.17) is 5.73 Å². The molecule has 0 saturated heterocycles. The molecule has 0 radical (unpaired) electrons. The third-order valence-electron chi connectivity index (χ3n) is 3.20. The number of carbonyl (C=O) groups excluding carboxylic acids is 1. The lowest BCUT2D eigenvalue weighted by Gasteiger charge is -2.23. The van der Waals surface area contributed by atoms with Crippen LogP contribution in [0.1, 0.15) is 6.92 Å². The largest absolute Gasteiger partial charge is 0.368 e. The van der Waals surface area contributed by atoms with Gasteiger partial charge >= 0.3 is 0 Å². The molecule has 1 aromatic carbocycles. The second-order valence-electron chi connectivity index (χ2n) is 4.82. The highest BCUT2D eigenvalue weighted by Gasteiger charge is 2.17. The minimum Gasteiger partial charge on any atom is -0.368 e. The molecular formula is C14H19N5O. The first-order valence-electron chi connectivity index (χ1n) is 6.48. The van der Waals surface area contributed by atoms with Crippen LogP contribution in [0.5, 0.6) is 0 Å². The van der Waals surface area contributed by atoms with E-state index in [-0.39, 0.29) is 17.8 Å². The third kappa shape index (κ3) is 2.79. The van der Waals surface area contributed by atoms with Gasteiger partial charge in [0.15, 0.2) is 0 Å². The predicted octanol–water partition coefficient (Wildman–Crippen LogP) is 1.03. The van der Waals surface area contributed by atoms with Crippen LogP contribution in [0.2, 0.25) is 0 Å². The number of fused-ring (bicyclic) bond motifs is 1. The third-order valence-corrected chi connectivity index (χ3v) is 3.20. The van der Waals surface area contributed by atoms with E-state index >= 15 is 0 Å². The van der Waals surface area contributed by atoms with Crippen molar-refractivity contribution in [2.45, 2.75) is 6.92 Å². The lowest BCUT2D eigenvalue weighted by atomic mass is 10.1. The molecule has 0 aliphatic rings. The molecule has 0 spiro atoms. The van der Waals surface area contributed by atoms with Gasteiger partial charge in [-0.15, -0.1) is 0 Å². The molecule has 0 bridgehead atoms. The monoisotopic (exact) mass is 273 g/mol.